The van der Waals surface area contributed by atoms with Crippen molar-refractivity contribution in [3.05, 3.63) is 87.6 Å². The van der Waals surface area contributed by atoms with Gasteiger partial charge in [0.2, 0.25) is 0 Å². The minimum absolute atomic E-state index is 0.467. The summed E-state index contributed by atoms with van der Waals surface area (Å²) in [5.41, 5.74) is 5.17. The van der Waals surface area contributed by atoms with Crippen molar-refractivity contribution in [2.24, 2.45) is 0 Å². The van der Waals surface area contributed by atoms with Gasteiger partial charge in [0.25, 0.3) is 0 Å². The maximum Gasteiger partial charge on any atom is 0.140 e. The molecule has 1 aliphatic rings. The van der Waals surface area contributed by atoms with Gasteiger partial charge in [0, 0.05) is 18.3 Å². The molecule has 0 fully saturated rings. The Hall–Kier alpha value is -2.43. The third-order valence-electron chi connectivity index (χ3n) is 4.91. The first-order valence-corrected chi connectivity index (χ1v) is 9.94. The summed E-state index contributed by atoms with van der Waals surface area (Å²) in [6.45, 7) is 0.918. The quantitative estimate of drug-likeness (QED) is 0.450. The smallest absolute Gasteiger partial charge is 0.140 e. The average Bonchev–Trinajstić information content (AvgIpc) is 3.22. The van der Waals surface area contributed by atoms with E-state index >= 15 is 0 Å². The summed E-state index contributed by atoms with van der Waals surface area (Å²) in [6, 6.07) is 21.6. The van der Waals surface area contributed by atoms with Gasteiger partial charge in [-0.1, -0.05) is 42.5 Å². The second-order valence-electron chi connectivity index (χ2n) is 6.77. The summed E-state index contributed by atoms with van der Waals surface area (Å²) in [5.74, 6) is 0.467. The summed E-state index contributed by atoms with van der Waals surface area (Å²) < 4.78 is 0. The first kappa shape index (κ1) is 17.0. The standard InChI is InChI=1S/C22H23N3S/c23-22(21-7-4-12-26-21)25-20-11-9-17-8-10-19(13-18(17)14-20)24-15-16-5-2-1-3-6-16/h1-7,9,11-12,14,19,24H,8,10,13,15H2,(H2,23,25). The second-order valence-corrected chi connectivity index (χ2v) is 7.71. The molecule has 1 heterocycles. The molecule has 26 heavy (non-hydrogen) atoms. The van der Waals surface area contributed by atoms with Crippen LogP contribution in [0.3, 0.4) is 0 Å². The van der Waals surface area contributed by atoms with Gasteiger partial charge in [-0.25, -0.2) is 0 Å². The fourth-order valence-electron chi connectivity index (χ4n) is 3.49. The van der Waals surface area contributed by atoms with Crippen molar-refractivity contribution in [3.8, 4) is 0 Å². The molecule has 1 aliphatic carbocycles. The van der Waals surface area contributed by atoms with Crippen molar-refractivity contribution in [2.45, 2.75) is 31.8 Å². The van der Waals surface area contributed by atoms with Crippen LogP contribution in [-0.2, 0) is 19.4 Å². The van der Waals surface area contributed by atoms with Gasteiger partial charge < -0.3 is 10.6 Å². The van der Waals surface area contributed by atoms with Crippen LogP contribution in [0.15, 0.2) is 66.0 Å². The number of amidine groups is 1. The maximum atomic E-state index is 8.21. The molecule has 3 N–H and O–H groups in total. The van der Waals surface area contributed by atoms with E-state index < -0.39 is 0 Å². The van der Waals surface area contributed by atoms with Gasteiger partial charge in [-0.15, -0.1) is 11.3 Å². The van der Waals surface area contributed by atoms with Crippen molar-refractivity contribution < 1.29 is 0 Å². The van der Waals surface area contributed by atoms with Crippen LogP contribution in [0.5, 0.6) is 0 Å². The zero-order chi connectivity index (χ0) is 17.8. The maximum absolute atomic E-state index is 8.21. The van der Waals surface area contributed by atoms with Crippen LogP contribution in [0.1, 0.15) is 28.0 Å². The second kappa shape index (κ2) is 7.85. The van der Waals surface area contributed by atoms with Gasteiger partial charge in [0.05, 0.1) is 4.88 Å². The molecule has 1 unspecified atom stereocenters. The molecule has 0 aliphatic heterocycles. The monoisotopic (exact) mass is 361 g/mol. The van der Waals surface area contributed by atoms with Crippen molar-refractivity contribution in [1.82, 2.24) is 5.32 Å². The zero-order valence-electron chi connectivity index (χ0n) is 14.7. The Morgan fingerprint density at radius 2 is 1.92 bits per heavy atom. The first-order valence-electron chi connectivity index (χ1n) is 9.06. The average molecular weight is 362 g/mol. The Bertz CT molecular complexity index is 872. The highest BCUT2D eigenvalue weighted by Gasteiger charge is 2.18. The van der Waals surface area contributed by atoms with E-state index in [1.807, 2.05) is 17.5 Å². The number of rotatable bonds is 5. The molecule has 0 radical (unpaired) electrons. The number of thiophene rings is 1. The number of anilines is 1. The predicted molar refractivity (Wildman–Crippen MR) is 110 cm³/mol. The molecule has 0 saturated carbocycles. The van der Waals surface area contributed by atoms with Crippen LogP contribution in [-0.4, -0.2) is 11.9 Å². The van der Waals surface area contributed by atoms with Crippen LogP contribution < -0.4 is 10.6 Å². The van der Waals surface area contributed by atoms with E-state index in [1.54, 1.807) is 11.3 Å². The molecule has 4 heteroatoms. The fraction of sp³-hybridized carbons (Fsp3) is 0.227. The number of hydrogen-bond acceptors (Lipinski definition) is 3. The lowest BCUT2D eigenvalue weighted by Gasteiger charge is -2.26. The van der Waals surface area contributed by atoms with Crippen LogP contribution >= 0.6 is 11.3 Å². The number of aryl methyl sites for hydroxylation is 1. The molecule has 3 nitrogen and oxygen atoms in total. The van der Waals surface area contributed by atoms with Crippen molar-refractivity contribution in [1.29, 1.82) is 5.41 Å². The van der Waals surface area contributed by atoms with Crippen LogP contribution in [0.25, 0.3) is 0 Å². The van der Waals surface area contributed by atoms with Crippen molar-refractivity contribution in [3.63, 3.8) is 0 Å². The topological polar surface area (TPSA) is 47.9 Å². The van der Waals surface area contributed by atoms with E-state index in [-0.39, 0.29) is 0 Å². The normalized spacial score (nSPS) is 16.1. The fourth-order valence-corrected chi connectivity index (χ4v) is 4.12. The molecule has 1 aromatic heterocycles. The molecule has 0 saturated heterocycles. The molecule has 3 aromatic rings. The van der Waals surface area contributed by atoms with Crippen LogP contribution in [0.4, 0.5) is 5.69 Å². The lowest BCUT2D eigenvalue weighted by molar-refractivity contribution is 0.458. The highest BCUT2D eigenvalue weighted by atomic mass is 32.1. The van der Waals surface area contributed by atoms with Gasteiger partial charge >= 0.3 is 0 Å². The Balaban J connectivity index is 1.40. The van der Waals surface area contributed by atoms with Crippen LogP contribution in [0, 0.1) is 5.41 Å². The Morgan fingerprint density at radius 3 is 2.73 bits per heavy atom. The Kier molecular flexibility index (Phi) is 5.14. The minimum atomic E-state index is 0.467. The summed E-state index contributed by atoms with van der Waals surface area (Å²) >= 11 is 1.59. The van der Waals surface area contributed by atoms with Gasteiger partial charge in [-0.2, -0.15) is 0 Å². The third kappa shape index (κ3) is 4.03. The SMILES string of the molecule is N=C(Nc1ccc2c(c1)CC(NCc1ccccc1)CC2)c1cccs1. The van der Waals surface area contributed by atoms with Gasteiger partial charge in [0.15, 0.2) is 0 Å². The predicted octanol–water partition coefficient (Wildman–Crippen LogP) is 4.83. The summed E-state index contributed by atoms with van der Waals surface area (Å²) in [4.78, 5) is 0.963. The van der Waals surface area contributed by atoms with E-state index in [9.17, 15) is 0 Å². The number of fused-ring (bicyclic) bond motifs is 1. The first-order chi connectivity index (χ1) is 12.8. The van der Waals surface area contributed by atoms with E-state index in [2.05, 4.69) is 59.2 Å². The largest absolute Gasteiger partial charge is 0.340 e. The molecule has 1 atom stereocenters. The molecular weight excluding hydrogens is 338 g/mol. The summed E-state index contributed by atoms with van der Waals surface area (Å²) in [7, 11) is 0. The third-order valence-corrected chi connectivity index (χ3v) is 5.80. The van der Waals surface area contributed by atoms with E-state index in [0.717, 1.165) is 30.0 Å². The van der Waals surface area contributed by atoms with E-state index in [0.29, 0.717) is 11.9 Å². The van der Waals surface area contributed by atoms with Gasteiger partial charge in [-0.3, -0.25) is 5.41 Å². The lowest BCUT2D eigenvalue weighted by atomic mass is 9.88. The number of nitrogens with one attached hydrogen (secondary N) is 3. The highest BCUT2D eigenvalue weighted by Crippen LogP contribution is 2.25. The highest BCUT2D eigenvalue weighted by molar-refractivity contribution is 7.12. The molecule has 2 aromatic carbocycles. The van der Waals surface area contributed by atoms with Crippen molar-refractivity contribution >= 4 is 22.9 Å². The minimum Gasteiger partial charge on any atom is -0.340 e. The molecule has 0 amide bonds. The molecular formula is C22H23N3S. The van der Waals surface area contributed by atoms with Crippen LogP contribution in [0.2, 0.25) is 0 Å². The number of benzene rings is 2. The Morgan fingerprint density at radius 1 is 1.04 bits per heavy atom. The van der Waals surface area contributed by atoms with Gasteiger partial charge in [0.1, 0.15) is 5.84 Å². The van der Waals surface area contributed by atoms with E-state index in [4.69, 9.17) is 5.41 Å². The molecule has 132 valence electrons. The van der Waals surface area contributed by atoms with Crippen molar-refractivity contribution in [2.75, 3.05) is 5.32 Å². The van der Waals surface area contributed by atoms with E-state index in [1.165, 1.54) is 23.1 Å². The molecule has 0 bridgehead atoms. The summed E-state index contributed by atoms with van der Waals surface area (Å²) in [6.07, 6.45) is 3.34. The molecule has 4 rings (SSSR count). The number of hydrogen-bond donors (Lipinski definition) is 3. The Labute approximate surface area is 158 Å². The summed E-state index contributed by atoms with van der Waals surface area (Å²) in [5, 5.41) is 17.2. The molecule has 0 spiro atoms. The lowest BCUT2D eigenvalue weighted by Crippen LogP contribution is -2.34. The zero-order valence-corrected chi connectivity index (χ0v) is 15.5. The van der Waals surface area contributed by atoms with Gasteiger partial charge in [-0.05, 0) is 59.5 Å².